The summed E-state index contributed by atoms with van der Waals surface area (Å²) >= 11 is 8.62. The van der Waals surface area contributed by atoms with E-state index in [0.29, 0.717) is 50.1 Å². The second-order valence-electron chi connectivity index (χ2n) is 9.01. The maximum absolute atomic E-state index is 13.6. The summed E-state index contributed by atoms with van der Waals surface area (Å²) in [5.74, 6) is 0.130. The Hall–Kier alpha value is -4.06. The lowest BCUT2D eigenvalue weighted by molar-refractivity contribution is -0.132. The average Bonchev–Trinajstić information content (AvgIpc) is 3.58. The molecule has 0 bridgehead atoms. The van der Waals surface area contributed by atoms with Gasteiger partial charge in [0.15, 0.2) is 15.8 Å². The van der Waals surface area contributed by atoms with Crippen LogP contribution in [0.4, 0.5) is 5.13 Å². The van der Waals surface area contributed by atoms with Gasteiger partial charge in [0.2, 0.25) is 5.13 Å². The third kappa shape index (κ3) is 5.94. The molecule has 12 heteroatoms. The number of amides is 1. The van der Waals surface area contributed by atoms with Gasteiger partial charge in [-0.3, -0.25) is 14.5 Å². The lowest BCUT2D eigenvalue weighted by atomic mass is 9.95. The van der Waals surface area contributed by atoms with Gasteiger partial charge < -0.3 is 19.3 Å². The third-order valence-corrected chi connectivity index (χ3v) is 8.87. The zero-order chi connectivity index (χ0) is 29.8. The number of hydrogen-bond acceptors (Lipinski definition) is 10. The highest BCUT2D eigenvalue weighted by Crippen LogP contribution is 2.45. The largest absolute Gasteiger partial charge is 0.507 e. The van der Waals surface area contributed by atoms with E-state index in [-0.39, 0.29) is 16.5 Å². The van der Waals surface area contributed by atoms with E-state index in [1.807, 2.05) is 31.2 Å². The predicted octanol–water partition coefficient (Wildman–Crippen LogP) is 6.53. The standard InChI is InChI=1S/C30H26ClN3O6S2/c1-4-40-22-14-9-19(15-23(22)39-3)25-24(26(35)18-7-12-21(38-2)13-8-18)27(36)28(37)34(25)29-32-33-30(42-29)41-16-17-5-10-20(31)11-6-17/h5-15,25,35H,4,16H2,1-3H3/b26-24-. The van der Waals surface area contributed by atoms with Gasteiger partial charge in [-0.1, -0.05) is 52.9 Å². The lowest BCUT2D eigenvalue weighted by Gasteiger charge is -2.23. The van der Waals surface area contributed by atoms with E-state index in [4.69, 9.17) is 25.8 Å². The van der Waals surface area contributed by atoms with Crippen LogP contribution in [0.15, 0.2) is 76.6 Å². The Bertz CT molecular complexity index is 1640. The van der Waals surface area contributed by atoms with Gasteiger partial charge in [-0.2, -0.15) is 0 Å². The zero-order valence-corrected chi connectivity index (χ0v) is 25.3. The van der Waals surface area contributed by atoms with Crippen LogP contribution in [0.1, 0.15) is 29.7 Å². The fourth-order valence-corrected chi connectivity index (χ4v) is 6.41. The number of carbonyl (C=O) groups excluding carboxylic acids is 2. The Balaban J connectivity index is 1.57. The van der Waals surface area contributed by atoms with E-state index in [2.05, 4.69) is 10.2 Å². The van der Waals surface area contributed by atoms with E-state index in [1.54, 1.807) is 42.5 Å². The molecule has 0 aliphatic carbocycles. The molecule has 0 saturated carbocycles. The molecule has 1 amide bonds. The number of anilines is 1. The maximum atomic E-state index is 13.6. The normalized spacial score (nSPS) is 16.1. The Morgan fingerprint density at radius 2 is 1.74 bits per heavy atom. The minimum Gasteiger partial charge on any atom is -0.507 e. The zero-order valence-electron chi connectivity index (χ0n) is 22.9. The number of rotatable bonds is 10. The van der Waals surface area contributed by atoms with Crippen LogP contribution < -0.4 is 19.1 Å². The van der Waals surface area contributed by atoms with Gasteiger partial charge in [0, 0.05) is 16.3 Å². The fourth-order valence-electron chi connectivity index (χ4n) is 4.46. The van der Waals surface area contributed by atoms with E-state index in [0.717, 1.165) is 5.56 Å². The molecule has 1 saturated heterocycles. The highest BCUT2D eigenvalue weighted by Gasteiger charge is 2.48. The number of ether oxygens (including phenoxy) is 3. The van der Waals surface area contributed by atoms with Crippen LogP contribution in [0, 0.1) is 0 Å². The molecule has 1 aliphatic rings. The number of ketones is 1. The number of aromatic nitrogens is 2. The SMILES string of the molecule is CCOc1ccc(C2/C(=C(/O)c3ccc(OC)cc3)C(=O)C(=O)N2c2nnc(SCc3ccc(Cl)cc3)s2)cc1OC. The van der Waals surface area contributed by atoms with Crippen molar-refractivity contribution < 1.29 is 28.9 Å². The van der Waals surface area contributed by atoms with Gasteiger partial charge in [-0.25, -0.2) is 0 Å². The summed E-state index contributed by atoms with van der Waals surface area (Å²) in [6.07, 6.45) is 0. The molecule has 3 aromatic carbocycles. The van der Waals surface area contributed by atoms with Crippen molar-refractivity contribution in [2.24, 2.45) is 0 Å². The van der Waals surface area contributed by atoms with Crippen molar-refractivity contribution in [1.82, 2.24) is 10.2 Å². The first kappa shape index (κ1) is 29.4. The molecular weight excluding hydrogens is 598 g/mol. The van der Waals surface area contributed by atoms with Crippen LogP contribution in [0.3, 0.4) is 0 Å². The molecule has 4 aromatic rings. The summed E-state index contributed by atoms with van der Waals surface area (Å²) < 4.78 is 17.0. The summed E-state index contributed by atoms with van der Waals surface area (Å²) in [5, 5.41) is 20.8. The summed E-state index contributed by atoms with van der Waals surface area (Å²) in [6.45, 7) is 2.28. The molecule has 1 aromatic heterocycles. The van der Waals surface area contributed by atoms with E-state index < -0.39 is 17.7 Å². The number of nitrogens with zero attached hydrogens (tertiary/aromatic N) is 3. The van der Waals surface area contributed by atoms with Crippen LogP contribution >= 0.6 is 34.7 Å². The molecule has 1 unspecified atom stereocenters. The van der Waals surface area contributed by atoms with Gasteiger partial charge in [-0.15, -0.1) is 10.2 Å². The van der Waals surface area contributed by atoms with Crippen LogP contribution in [-0.2, 0) is 15.3 Å². The third-order valence-electron chi connectivity index (χ3n) is 6.49. The Labute approximate surface area is 255 Å². The van der Waals surface area contributed by atoms with Gasteiger partial charge in [0.1, 0.15) is 11.5 Å². The lowest BCUT2D eigenvalue weighted by Crippen LogP contribution is -2.29. The predicted molar refractivity (Wildman–Crippen MR) is 163 cm³/mol. The van der Waals surface area contributed by atoms with Crippen molar-refractivity contribution in [2.75, 3.05) is 25.7 Å². The number of halogens is 1. The summed E-state index contributed by atoms with van der Waals surface area (Å²) in [5.41, 5.74) is 1.84. The monoisotopic (exact) mass is 623 g/mol. The summed E-state index contributed by atoms with van der Waals surface area (Å²) in [7, 11) is 3.04. The van der Waals surface area contributed by atoms with E-state index in [9.17, 15) is 14.7 Å². The minimum atomic E-state index is -1.00. The molecular formula is C30H26ClN3O6S2. The number of hydrogen-bond donors (Lipinski definition) is 1. The summed E-state index contributed by atoms with van der Waals surface area (Å²) in [6, 6.07) is 18.2. The van der Waals surface area contributed by atoms with Crippen molar-refractivity contribution in [3.63, 3.8) is 0 Å². The van der Waals surface area contributed by atoms with E-state index >= 15 is 0 Å². The van der Waals surface area contributed by atoms with Crippen LogP contribution in [0.25, 0.3) is 5.76 Å². The Morgan fingerprint density at radius 1 is 1.00 bits per heavy atom. The smallest absolute Gasteiger partial charge is 0.301 e. The number of methoxy groups -OCH3 is 2. The number of thioether (sulfide) groups is 1. The number of aliphatic hydroxyl groups is 1. The molecule has 1 N–H and O–H groups in total. The number of benzene rings is 3. The van der Waals surface area contributed by atoms with Gasteiger partial charge >= 0.3 is 5.91 Å². The molecule has 0 radical (unpaired) electrons. The fraction of sp³-hybridized carbons (Fsp3) is 0.200. The number of carbonyl (C=O) groups is 2. The van der Waals surface area contributed by atoms with Gasteiger partial charge in [-0.05, 0) is 66.6 Å². The second-order valence-corrected chi connectivity index (χ2v) is 11.6. The first-order valence-corrected chi connectivity index (χ1v) is 15.0. The molecule has 2 heterocycles. The van der Waals surface area contributed by atoms with Crippen molar-refractivity contribution in [1.29, 1.82) is 0 Å². The minimum absolute atomic E-state index is 0.0815. The molecule has 216 valence electrons. The quantitative estimate of drug-likeness (QED) is 0.0693. The summed E-state index contributed by atoms with van der Waals surface area (Å²) in [4.78, 5) is 28.4. The molecule has 9 nitrogen and oxygen atoms in total. The topological polar surface area (TPSA) is 111 Å². The highest BCUT2D eigenvalue weighted by molar-refractivity contribution is 8.00. The van der Waals surface area contributed by atoms with Crippen LogP contribution in [-0.4, -0.2) is 47.8 Å². The van der Waals surface area contributed by atoms with Crippen molar-refractivity contribution in [3.05, 3.63) is 94.0 Å². The Morgan fingerprint density at radius 3 is 2.40 bits per heavy atom. The van der Waals surface area contributed by atoms with Crippen molar-refractivity contribution in [2.45, 2.75) is 23.1 Å². The maximum Gasteiger partial charge on any atom is 0.301 e. The molecule has 0 spiro atoms. The van der Waals surface area contributed by atoms with Crippen molar-refractivity contribution >= 4 is 57.3 Å². The van der Waals surface area contributed by atoms with Gasteiger partial charge in [0.05, 0.1) is 32.4 Å². The molecule has 42 heavy (non-hydrogen) atoms. The Kier molecular flexibility index (Phi) is 9.00. The second kappa shape index (κ2) is 12.8. The van der Waals surface area contributed by atoms with Gasteiger partial charge in [0.25, 0.3) is 5.78 Å². The van der Waals surface area contributed by atoms with Crippen LogP contribution in [0.2, 0.25) is 5.02 Å². The van der Waals surface area contributed by atoms with Crippen LogP contribution in [0.5, 0.6) is 17.2 Å². The first-order chi connectivity index (χ1) is 20.3. The molecule has 5 rings (SSSR count). The highest BCUT2D eigenvalue weighted by atomic mass is 35.5. The van der Waals surface area contributed by atoms with E-state index in [1.165, 1.54) is 42.2 Å². The molecule has 1 fully saturated rings. The molecule has 1 aliphatic heterocycles. The average molecular weight is 624 g/mol. The first-order valence-electron chi connectivity index (χ1n) is 12.8. The number of Topliss-reactive ketones (excluding diaryl/α,β-unsaturated/α-hetero) is 1. The van der Waals surface area contributed by atoms with Crippen molar-refractivity contribution in [3.8, 4) is 17.2 Å². The number of aliphatic hydroxyl groups excluding tert-OH is 1. The molecule has 1 atom stereocenters.